The Morgan fingerprint density at radius 2 is 1.67 bits per heavy atom. The van der Waals surface area contributed by atoms with Gasteiger partial charge in [-0.3, -0.25) is 4.98 Å². The molecule has 7 heteroatoms. The number of aromatic nitrogens is 5. The second-order valence-electron chi connectivity index (χ2n) is 9.77. The molecule has 3 aromatic rings. The third-order valence-electron chi connectivity index (χ3n) is 7.69. The van der Waals surface area contributed by atoms with E-state index < -0.39 is 5.60 Å². The smallest absolute Gasteiger partial charge is 0.159 e. The number of rotatable bonds is 3. The maximum atomic E-state index is 10.7. The SMILES string of the molecule is C[C@@H]1CN(c2cc(-n3ncc4cnc(C5(C)CCC5)cc43)ncn2)C[C@H](C)C1(C)O. The van der Waals surface area contributed by atoms with Gasteiger partial charge in [0.2, 0.25) is 0 Å². The summed E-state index contributed by atoms with van der Waals surface area (Å²) in [6, 6.07) is 4.17. The molecule has 30 heavy (non-hydrogen) atoms. The van der Waals surface area contributed by atoms with Gasteiger partial charge >= 0.3 is 0 Å². The molecule has 1 saturated heterocycles. The van der Waals surface area contributed by atoms with Crippen LogP contribution in [0.3, 0.4) is 0 Å². The molecule has 4 heterocycles. The second kappa shape index (κ2) is 6.74. The highest BCUT2D eigenvalue weighted by atomic mass is 16.3. The predicted octanol–water partition coefficient (Wildman–Crippen LogP) is 3.50. The van der Waals surface area contributed by atoms with E-state index in [4.69, 9.17) is 4.98 Å². The molecule has 1 N–H and O–H groups in total. The average Bonchev–Trinajstić information content (AvgIpc) is 3.13. The first-order chi connectivity index (χ1) is 14.3. The highest BCUT2D eigenvalue weighted by Crippen LogP contribution is 2.43. The Morgan fingerprint density at radius 1 is 0.967 bits per heavy atom. The number of piperidine rings is 1. The van der Waals surface area contributed by atoms with Gasteiger partial charge in [-0.1, -0.05) is 27.2 Å². The standard InChI is InChI=1S/C23H30N6O/c1-15-12-28(13-16(2)23(15,4)30)20-9-21(26-14-25-20)29-18-8-19(22(3)6-5-7-22)24-10-17(18)11-27-29/h8-11,14-16,30H,5-7,12-13H2,1-4H3/t15-,16+,23?. The normalized spacial score (nSPS) is 28.5. The molecule has 3 aromatic heterocycles. The molecule has 0 bridgehead atoms. The molecule has 0 radical (unpaired) electrons. The molecule has 0 amide bonds. The molecule has 2 aliphatic rings. The Morgan fingerprint density at radius 3 is 2.33 bits per heavy atom. The van der Waals surface area contributed by atoms with Crippen LogP contribution in [0.4, 0.5) is 5.82 Å². The summed E-state index contributed by atoms with van der Waals surface area (Å²) in [7, 11) is 0. The fourth-order valence-corrected chi connectivity index (χ4v) is 4.80. The lowest BCUT2D eigenvalue weighted by Crippen LogP contribution is -2.55. The van der Waals surface area contributed by atoms with Crippen LogP contribution in [0.15, 0.2) is 30.9 Å². The van der Waals surface area contributed by atoms with Gasteiger partial charge in [-0.25, -0.2) is 14.6 Å². The van der Waals surface area contributed by atoms with Crippen LogP contribution >= 0.6 is 0 Å². The van der Waals surface area contributed by atoms with Gasteiger partial charge in [0.25, 0.3) is 0 Å². The summed E-state index contributed by atoms with van der Waals surface area (Å²) in [6.07, 6.45) is 9.02. The van der Waals surface area contributed by atoms with Crippen LogP contribution in [-0.4, -0.2) is 48.5 Å². The lowest BCUT2D eigenvalue weighted by atomic mass is 9.68. The number of pyridine rings is 1. The molecule has 0 spiro atoms. The van der Waals surface area contributed by atoms with E-state index in [0.717, 1.165) is 41.3 Å². The van der Waals surface area contributed by atoms with Crippen molar-refractivity contribution in [1.29, 1.82) is 0 Å². The van der Waals surface area contributed by atoms with Crippen LogP contribution in [0.2, 0.25) is 0 Å². The summed E-state index contributed by atoms with van der Waals surface area (Å²) in [5, 5.41) is 16.3. The summed E-state index contributed by atoms with van der Waals surface area (Å²) in [5.41, 5.74) is 1.68. The fraction of sp³-hybridized carbons (Fsp3) is 0.565. The number of anilines is 1. The van der Waals surface area contributed by atoms with E-state index in [2.05, 4.69) is 46.8 Å². The molecule has 158 valence electrons. The van der Waals surface area contributed by atoms with Gasteiger partial charge in [0.05, 0.1) is 17.3 Å². The maximum Gasteiger partial charge on any atom is 0.159 e. The number of hydrogen-bond acceptors (Lipinski definition) is 6. The third-order valence-corrected chi connectivity index (χ3v) is 7.69. The monoisotopic (exact) mass is 406 g/mol. The Labute approximate surface area is 177 Å². The minimum Gasteiger partial charge on any atom is -0.389 e. The molecule has 1 unspecified atom stereocenters. The van der Waals surface area contributed by atoms with Crippen LogP contribution in [0.25, 0.3) is 16.7 Å². The summed E-state index contributed by atoms with van der Waals surface area (Å²) in [6.45, 7) is 9.96. The molecular formula is C23H30N6O. The molecule has 1 aliphatic heterocycles. The number of nitrogens with zero attached hydrogens (tertiary/aromatic N) is 6. The van der Waals surface area contributed by atoms with Gasteiger partial charge in [0, 0.05) is 53.7 Å². The Kier molecular flexibility index (Phi) is 4.36. The number of aliphatic hydroxyl groups is 1. The van der Waals surface area contributed by atoms with E-state index in [-0.39, 0.29) is 17.3 Å². The number of fused-ring (bicyclic) bond motifs is 1. The Hall–Kier alpha value is -2.54. The van der Waals surface area contributed by atoms with Crippen LogP contribution in [0.1, 0.15) is 52.7 Å². The Bertz CT molecular complexity index is 1070. The average molecular weight is 407 g/mol. The molecular weight excluding hydrogens is 376 g/mol. The van der Waals surface area contributed by atoms with E-state index in [9.17, 15) is 5.11 Å². The first kappa shape index (κ1) is 19.4. The third kappa shape index (κ3) is 2.98. The molecule has 1 aliphatic carbocycles. The zero-order valence-corrected chi connectivity index (χ0v) is 18.2. The van der Waals surface area contributed by atoms with Crippen molar-refractivity contribution >= 4 is 16.7 Å². The van der Waals surface area contributed by atoms with Gasteiger partial charge in [-0.15, -0.1) is 0 Å². The molecule has 1 saturated carbocycles. The van der Waals surface area contributed by atoms with Gasteiger partial charge in [0.1, 0.15) is 12.1 Å². The van der Waals surface area contributed by atoms with Crippen molar-refractivity contribution in [2.45, 2.75) is 58.0 Å². The zero-order valence-electron chi connectivity index (χ0n) is 18.2. The fourth-order valence-electron chi connectivity index (χ4n) is 4.80. The van der Waals surface area contributed by atoms with Crippen molar-refractivity contribution < 1.29 is 5.11 Å². The van der Waals surface area contributed by atoms with Crippen molar-refractivity contribution in [3.8, 4) is 5.82 Å². The van der Waals surface area contributed by atoms with Crippen molar-refractivity contribution in [3.63, 3.8) is 0 Å². The molecule has 3 atom stereocenters. The van der Waals surface area contributed by atoms with Crippen LogP contribution in [0.5, 0.6) is 0 Å². The second-order valence-corrected chi connectivity index (χ2v) is 9.77. The topological polar surface area (TPSA) is 80.0 Å². The van der Waals surface area contributed by atoms with Gasteiger partial charge in [-0.05, 0) is 25.8 Å². The zero-order chi connectivity index (χ0) is 21.1. The van der Waals surface area contributed by atoms with E-state index in [1.165, 1.54) is 19.3 Å². The lowest BCUT2D eigenvalue weighted by Gasteiger charge is -2.46. The van der Waals surface area contributed by atoms with Crippen molar-refractivity contribution in [2.24, 2.45) is 11.8 Å². The van der Waals surface area contributed by atoms with Crippen molar-refractivity contribution in [1.82, 2.24) is 24.7 Å². The first-order valence-corrected chi connectivity index (χ1v) is 10.9. The van der Waals surface area contributed by atoms with Crippen molar-refractivity contribution in [2.75, 3.05) is 18.0 Å². The first-order valence-electron chi connectivity index (χ1n) is 10.9. The minimum atomic E-state index is -0.661. The van der Waals surface area contributed by atoms with Gasteiger partial charge < -0.3 is 10.0 Å². The molecule has 0 aromatic carbocycles. The maximum absolute atomic E-state index is 10.7. The largest absolute Gasteiger partial charge is 0.389 e. The predicted molar refractivity (Wildman–Crippen MR) is 117 cm³/mol. The summed E-state index contributed by atoms with van der Waals surface area (Å²) < 4.78 is 1.89. The van der Waals surface area contributed by atoms with E-state index >= 15 is 0 Å². The van der Waals surface area contributed by atoms with Crippen LogP contribution in [0, 0.1) is 11.8 Å². The molecule has 7 nitrogen and oxygen atoms in total. The van der Waals surface area contributed by atoms with Gasteiger partial charge in [0.15, 0.2) is 5.82 Å². The highest BCUT2D eigenvalue weighted by molar-refractivity contribution is 5.79. The Balaban J connectivity index is 1.50. The van der Waals surface area contributed by atoms with Crippen molar-refractivity contribution in [3.05, 3.63) is 36.5 Å². The molecule has 5 rings (SSSR count). The molecule has 2 fully saturated rings. The quantitative estimate of drug-likeness (QED) is 0.717. The van der Waals surface area contributed by atoms with Crippen LogP contribution in [-0.2, 0) is 5.41 Å². The highest BCUT2D eigenvalue weighted by Gasteiger charge is 2.41. The van der Waals surface area contributed by atoms with Crippen LogP contribution < -0.4 is 4.90 Å². The van der Waals surface area contributed by atoms with E-state index in [1.807, 2.05) is 30.1 Å². The summed E-state index contributed by atoms with van der Waals surface area (Å²) in [5.74, 6) is 1.94. The lowest BCUT2D eigenvalue weighted by molar-refractivity contribution is -0.0504. The summed E-state index contributed by atoms with van der Waals surface area (Å²) in [4.78, 5) is 16.0. The van der Waals surface area contributed by atoms with E-state index in [0.29, 0.717) is 0 Å². The number of hydrogen-bond donors (Lipinski definition) is 1. The van der Waals surface area contributed by atoms with Gasteiger partial charge in [-0.2, -0.15) is 5.10 Å². The minimum absolute atomic E-state index is 0.155. The summed E-state index contributed by atoms with van der Waals surface area (Å²) >= 11 is 0. The van der Waals surface area contributed by atoms with E-state index in [1.54, 1.807) is 6.33 Å².